The van der Waals surface area contributed by atoms with Crippen LogP contribution in [0.1, 0.15) is 15.9 Å². The maximum atomic E-state index is 12.7. The van der Waals surface area contributed by atoms with Crippen molar-refractivity contribution in [1.82, 2.24) is 9.21 Å². The molecule has 2 rings (SSSR count). The summed E-state index contributed by atoms with van der Waals surface area (Å²) in [5.74, 6) is -0.321. The first-order valence-corrected chi connectivity index (χ1v) is 11.0. The van der Waals surface area contributed by atoms with Crippen LogP contribution in [0.5, 0.6) is 0 Å². The van der Waals surface area contributed by atoms with E-state index in [4.69, 9.17) is 0 Å². The van der Waals surface area contributed by atoms with Crippen LogP contribution in [0.2, 0.25) is 0 Å². The van der Waals surface area contributed by atoms with E-state index in [1.807, 2.05) is 6.92 Å². The summed E-state index contributed by atoms with van der Waals surface area (Å²) in [6, 6.07) is 4.89. The van der Waals surface area contributed by atoms with Gasteiger partial charge in [0, 0.05) is 26.2 Å². The zero-order chi connectivity index (χ0) is 18.1. The Morgan fingerprint density at radius 2 is 1.62 bits per heavy atom. The number of hydrogen-bond acceptors (Lipinski definition) is 5. The summed E-state index contributed by atoms with van der Waals surface area (Å²) in [6.45, 7) is 2.79. The molecule has 0 atom stereocenters. The number of anilines is 1. The first-order chi connectivity index (χ1) is 11.0. The highest BCUT2D eigenvalue weighted by Gasteiger charge is 2.28. The number of nitrogens with zero attached hydrogens (tertiary/aromatic N) is 2. The highest BCUT2D eigenvalue weighted by molar-refractivity contribution is 7.92. The number of nitrogens with one attached hydrogen (secondary N) is 1. The lowest BCUT2D eigenvalue weighted by molar-refractivity contribution is 0.0699. The van der Waals surface area contributed by atoms with E-state index in [0.717, 1.165) is 18.1 Å². The molecule has 1 heterocycles. The average Bonchev–Trinajstić information content (AvgIpc) is 2.46. The van der Waals surface area contributed by atoms with Crippen LogP contribution < -0.4 is 4.72 Å². The van der Waals surface area contributed by atoms with Crippen molar-refractivity contribution in [1.29, 1.82) is 0 Å². The van der Waals surface area contributed by atoms with E-state index in [9.17, 15) is 21.6 Å². The molecular weight excluding hydrogens is 354 g/mol. The van der Waals surface area contributed by atoms with E-state index in [0.29, 0.717) is 0 Å². The molecule has 10 heteroatoms. The van der Waals surface area contributed by atoms with Crippen LogP contribution in [0.3, 0.4) is 0 Å². The second kappa shape index (κ2) is 6.69. The molecule has 1 aliphatic heterocycles. The molecule has 1 saturated heterocycles. The van der Waals surface area contributed by atoms with Crippen LogP contribution in [-0.2, 0) is 20.0 Å². The molecule has 1 aromatic carbocycles. The Bertz CT molecular complexity index is 841. The van der Waals surface area contributed by atoms with Gasteiger partial charge < -0.3 is 4.90 Å². The lowest BCUT2D eigenvalue weighted by atomic mass is 10.1. The second-order valence-electron chi connectivity index (χ2n) is 5.88. The zero-order valence-electron chi connectivity index (χ0n) is 13.8. The lowest BCUT2D eigenvalue weighted by Crippen LogP contribution is -2.50. The number of amides is 1. The molecule has 24 heavy (non-hydrogen) atoms. The molecule has 0 spiro atoms. The Labute approximate surface area is 142 Å². The van der Waals surface area contributed by atoms with E-state index < -0.39 is 20.0 Å². The number of carbonyl (C=O) groups is 1. The Morgan fingerprint density at radius 1 is 1.04 bits per heavy atom. The van der Waals surface area contributed by atoms with E-state index in [1.54, 1.807) is 18.2 Å². The molecule has 0 unspecified atom stereocenters. The van der Waals surface area contributed by atoms with Crippen LogP contribution in [0.15, 0.2) is 18.2 Å². The summed E-state index contributed by atoms with van der Waals surface area (Å²) >= 11 is 0. The van der Waals surface area contributed by atoms with E-state index >= 15 is 0 Å². The van der Waals surface area contributed by atoms with Gasteiger partial charge in [-0.1, -0.05) is 11.6 Å². The third-order valence-corrected chi connectivity index (χ3v) is 5.59. The fourth-order valence-electron chi connectivity index (χ4n) is 2.52. The van der Waals surface area contributed by atoms with Crippen LogP contribution >= 0.6 is 0 Å². The SMILES string of the molecule is Cc1ccc(NS(C)(=O)=O)c(C(=O)N2CCN(S(C)(=O)=O)CC2)c1. The molecule has 0 saturated carbocycles. The smallest absolute Gasteiger partial charge is 0.256 e. The van der Waals surface area contributed by atoms with Gasteiger partial charge in [0.05, 0.1) is 23.8 Å². The maximum absolute atomic E-state index is 12.7. The summed E-state index contributed by atoms with van der Waals surface area (Å²) in [6.07, 6.45) is 2.16. The Balaban J connectivity index is 2.23. The van der Waals surface area contributed by atoms with Gasteiger partial charge in [-0.25, -0.2) is 16.8 Å². The summed E-state index contributed by atoms with van der Waals surface area (Å²) in [5, 5.41) is 0. The third kappa shape index (κ3) is 4.68. The molecule has 1 amide bonds. The van der Waals surface area contributed by atoms with Gasteiger partial charge in [-0.05, 0) is 19.1 Å². The van der Waals surface area contributed by atoms with Crippen molar-refractivity contribution in [2.24, 2.45) is 0 Å². The van der Waals surface area contributed by atoms with Crippen molar-refractivity contribution >= 4 is 31.6 Å². The minimum Gasteiger partial charge on any atom is -0.336 e. The van der Waals surface area contributed by atoms with Crippen molar-refractivity contribution in [3.8, 4) is 0 Å². The predicted octanol–water partition coefficient (Wildman–Crippen LogP) is 0.0839. The molecule has 0 aliphatic carbocycles. The minimum atomic E-state index is -3.51. The van der Waals surface area contributed by atoms with Gasteiger partial charge >= 0.3 is 0 Å². The molecule has 1 aliphatic rings. The number of piperazine rings is 1. The number of aryl methyl sites for hydroxylation is 1. The quantitative estimate of drug-likeness (QED) is 0.803. The van der Waals surface area contributed by atoms with Gasteiger partial charge in [0.1, 0.15) is 0 Å². The van der Waals surface area contributed by atoms with E-state index in [-0.39, 0.29) is 43.3 Å². The topological polar surface area (TPSA) is 104 Å². The van der Waals surface area contributed by atoms with Crippen LogP contribution in [0.25, 0.3) is 0 Å². The number of hydrogen-bond donors (Lipinski definition) is 1. The number of sulfonamides is 2. The van der Waals surface area contributed by atoms with Gasteiger partial charge in [0.15, 0.2) is 0 Å². The zero-order valence-corrected chi connectivity index (χ0v) is 15.4. The van der Waals surface area contributed by atoms with Crippen LogP contribution in [-0.4, -0.2) is 70.6 Å². The monoisotopic (exact) mass is 375 g/mol. The van der Waals surface area contributed by atoms with Gasteiger partial charge in [-0.2, -0.15) is 4.31 Å². The molecule has 0 bridgehead atoms. The average molecular weight is 375 g/mol. The molecular formula is C14H21N3O5S2. The van der Waals surface area contributed by atoms with Gasteiger partial charge in [0.2, 0.25) is 20.0 Å². The molecule has 0 aromatic heterocycles. The standard InChI is InChI=1S/C14H21N3O5S2/c1-11-4-5-13(15-23(2,19)20)12(10-11)14(18)16-6-8-17(9-7-16)24(3,21)22/h4-5,10,15H,6-9H2,1-3H3. The van der Waals surface area contributed by atoms with Crippen molar-refractivity contribution < 1.29 is 21.6 Å². The van der Waals surface area contributed by atoms with Crippen molar-refractivity contribution in [3.05, 3.63) is 29.3 Å². The maximum Gasteiger partial charge on any atom is 0.256 e. The summed E-state index contributed by atoms with van der Waals surface area (Å²) in [5.41, 5.74) is 1.30. The molecule has 1 N–H and O–H groups in total. The highest BCUT2D eigenvalue weighted by Crippen LogP contribution is 2.21. The fraction of sp³-hybridized carbons (Fsp3) is 0.500. The fourth-order valence-corrected chi connectivity index (χ4v) is 3.92. The largest absolute Gasteiger partial charge is 0.336 e. The number of carbonyl (C=O) groups excluding carboxylic acids is 1. The Kier molecular flexibility index (Phi) is 5.21. The van der Waals surface area contributed by atoms with Crippen molar-refractivity contribution in [2.75, 3.05) is 43.4 Å². The first kappa shape index (κ1) is 18.7. The van der Waals surface area contributed by atoms with E-state index in [1.165, 1.54) is 9.21 Å². The Morgan fingerprint density at radius 3 is 2.12 bits per heavy atom. The summed E-state index contributed by atoms with van der Waals surface area (Å²) in [7, 11) is -6.79. The lowest BCUT2D eigenvalue weighted by Gasteiger charge is -2.33. The molecule has 134 valence electrons. The van der Waals surface area contributed by atoms with E-state index in [2.05, 4.69) is 4.72 Å². The molecule has 0 radical (unpaired) electrons. The van der Waals surface area contributed by atoms with Gasteiger partial charge in [-0.3, -0.25) is 9.52 Å². The summed E-state index contributed by atoms with van der Waals surface area (Å²) < 4.78 is 49.7. The first-order valence-electron chi connectivity index (χ1n) is 7.30. The number of benzene rings is 1. The predicted molar refractivity (Wildman–Crippen MR) is 92.0 cm³/mol. The van der Waals surface area contributed by atoms with Crippen molar-refractivity contribution in [3.63, 3.8) is 0 Å². The second-order valence-corrected chi connectivity index (χ2v) is 9.61. The normalized spacial score (nSPS) is 16.9. The number of rotatable bonds is 4. The van der Waals surface area contributed by atoms with Crippen LogP contribution in [0.4, 0.5) is 5.69 Å². The third-order valence-electron chi connectivity index (χ3n) is 3.70. The highest BCUT2D eigenvalue weighted by atomic mass is 32.2. The van der Waals surface area contributed by atoms with Gasteiger partial charge in [0.25, 0.3) is 5.91 Å². The minimum absolute atomic E-state index is 0.221. The summed E-state index contributed by atoms with van der Waals surface area (Å²) in [4.78, 5) is 14.3. The van der Waals surface area contributed by atoms with Gasteiger partial charge in [-0.15, -0.1) is 0 Å². The molecule has 8 nitrogen and oxygen atoms in total. The van der Waals surface area contributed by atoms with Crippen molar-refractivity contribution in [2.45, 2.75) is 6.92 Å². The molecule has 1 fully saturated rings. The Hall–Kier alpha value is -1.65. The molecule has 1 aromatic rings. The van der Waals surface area contributed by atoms with Crippen LogP contribution in [0, 0.1) is 6.92 Å².